The number of aromatic nitrogens is 2. The third-order valence-corrected chi connectivity index (χ3v) is 4.55. The van der Waals surface area contributed by atoms with Gasteiger partial charge in [0.15, 0.2) is 0 Å². The first-order valence-electron chi connectivity index (χ1n) is 8.27. The van der Waals surface area contributed by atoms with Crippen LogP contribution in [0, 0.1) is 0 Å². The standard InChI is InChI=1S/C16H26N4O2/c1-21-10-8-17-15-6-7-18-16(19-15)14-12-22-11-9-20(14)13-4-2-3-5-13/h6-7,13-14H,2-5,8-12H2,1H3,(H,17,18,19)/t14-/m0/s1. The molecular formula is C16H26N4O2. The van der Waals surface area contributed by atoms with E-state index in [0.29, 0.717) is 19.3 Å². The maximum Gasteiger partial charge on any atom is 0.150 e. The van der Waals surface area contributed by atoms with Crippen molar-refractivity contribution in [3.05, 3.63) is 18.1 Å². The highest BCUT2D eigenvalue weighted by atomic mass is 16.5. The van der Waals surface area contributed by atoms with E-state index >= 15 is 0 Å². The minimum Gasteiger partial charge on any atom is -0.383 e. The molecule has 1 aliphatic carbocycles. The summed E-state index contributed by atoms with van der Waals surface area (Å²) >= 11 is 0. The Morgan fingerprint density at radius 2 is 2.27 bits per heavy atom. The van der Waals surface area contributed by atoms with Crippen molar-refractivity contribution in [2.75, 3.05) is 45.3 Å². The van der Waals surface area contributed by atoms with Crippen molar-refractivity contribution >= 4 is 5.82 Å². The lowest BCUT2D eigenvalue weighted by Gasteiger charge is -2.38. The Kier molecular flexibility index (Phi) is 5.58. The molecule has 1 saturated heterocycles. The van der Waals surface area contributed by atoms with Gasteiger partial charge in [0.2, 0.25) is 0 Å². The fraction of sp³-hybridized carbons (Fsp3) is 0.750. The summed E-state index contributed by atoms with van der Waals surface area (Å²) in [6, 6.07) is 2.76. The van der Waals surface area contributed by atoms with Gasteiger partial charge in [-0.2, -0.15) is 0 Å². The van der Waals surface area contributed by atoms with Crippen molar-refractivity contribution < 1.29 is 9.47 Å². The predicted octanol–water partition coefficient (Wildman–Crippen LogP) is 1.85. The van der Waals surface area contributed by atoms with Crippen LogP contribution in [0.3, 0.4) is 0 Å². The van der Waals surface area contributed by atoms with Crippen LogP contribution in [-0.4, -0.2) is 60.9 Å². The average molecular weight is 306 g/mol. The first-order valence-corrected chi connectivity index (χ1v) is 8.27. The molecule has 0 aromatic carbocycles. The Bertz CT molecular complexity index is 465. The molecule has 2 heterocycles. The molecule has 1 atom stereocenters. The molecule has 0 spiro atoms. The smallest absolute Gasteiger partial charge is 0.150 e. The van der Waals surface area contributed by atoms with Crippen LogP contribution in [0.25, 0.3) is 0 Å². The second-order valence-electron chi connectivity index (χ2n) is 5.99. The van der Waals surface area contributed by atoms with E-state index < -0.39 is 0 Å². The van der Waals surface area contributed by atoms with Gasteiger partial charge in [-0.3, -0.25) is 4.90 Å². The largest absolute Gasteiger partial charge is 0.383 e. The van der Waals surface area contributed by atoms with Gasteiger partial charge >= 0.3 is 0 Å². The van der Waals surface area contributed by atoms with Crippen LogP contribution in [-0.2, 0) is 9.47 Å². The van der Waals surface area contributed by atoms with Crippen molar-refractivity contribution in [2.45, 2.75) is 37.8 Å². The second-order valence-corrected chi connectivity index (χ2v) is 5.99. The summed E-state index contributed by atoms with van der Waals surface area (Å²) in [7, 11) is 1.70. The fourth-order valence-corrected chi connectivity index (χ4v) is 3.43. The van der Waals surface area contributed by atoms with Crippen LogP contribution in [0.1, 0.15) is 37.5 Å². The summed E-state index contributed by atoms with van der Waals surface area (Å²) in [6.45, 7) is 3.91. The highest BCUT2D eigenvalue weighted by Crippen LogP contribution is 2.31. The van der Waals surface area contributed by atoms with Crippen molar-refractivity contribution in [2.24, 2.45) is 0 Å². The van der Waals surface area contributed by atoms with Crippen LogP contribution in [0.2, 0.25) is 0 Å². The van der Waals surface area contributed by atoms with E-state index in [4.69, 9.17) is 14.5 Å². The molecule has 1 aliphatic heterocycles. The van der Waals surface area contributed by atoms with Crippen molar-refractivity contribution in [3.63, 3.8) is 0 Å². The molecule has 0 bridgehead atoms. The molecule has 3 rings (SSSR count). The molecule has 1 N–H and O–H groups in total. The first-order chi connectivity index (χ1) is 10.9. The van der Waals surface area contributed by atoms with E-state index in [1.165, 1.54) is 25.7 Å². The van der Waals surface area contributed by atoms with Gasteiger partial charge in [-0.1, -0.05) is 12.8 Å². The molecule has 2 aliphatic rings. The number of hydrogen-bond donors (Lipinski definition) is 1. The zero-order valence-electron chi connectivity index (χ0n) is 13.3. The van der Waals surface area contributed by atoms with Gasteiger partial charge in [0.05, 0.1) is 25.9 Å². The number of rotatable bonds is 6. The molecule has 1 aromatic heterocycles. The van der Waals surface area contributed by atoms with E-state index in [1.54, 1.807) is 7.11 Å². The highest BCUT2D eigenvalue weighted by Gasteiger charge is 2.33. The van der Waals surface area contributed by atoms with E-state index in [1.807, 2.05) is 12.3 Å². The Labute approximate surface area is 132 Å². The lowest BCUT2D eigenvalue weighted by Crippen LogP contribution is -2.45. The van der Waals surface area contributed by atoms with Crippen molar-refractivity contribution in [3.8, 4) is 0 Å². The van der Waals surface area contributed by atoms with Gasteiger partial charge in [-0.15, -0.1) is 0 Å². The Morgan fingerprint density at radius 3 is 3.09 bits per heavy atom. The quantitative estimate of drug-likeness (QED) is 0.810. The molecule has 122 valence electrons. The third-order valence-electron chi connectivity index (χ3n) is 4.55. The molecule has 0 unspecified atom stereocenters. The SMILES string of the molecule is COCCNc1ccnc([C@@H]2COCCN2C2CCCC2)n1. The number of nitrogens with one attached hydrogen (secondary N) is 1. The minimum absolute atomic E-state index is 0.182. The maximum atomic E-state index is 5.70. The second kappa shape index (κ2) is 7.85. The minimum atomic E-state index is 0.182. The average Bonchev–Trinajstić information content (AvgIpc) is 3.10. The topological polar surface area (TPSA) is 59.5 Å². The number of hydrogen-bond acceptors (Lipinski definition) is 6. The number of ether oxygens (including phenoxy) is 2. The van der Waals surface area contributed by atoms with Gasteiger partial charge < -0.3 is 14.8 Å². The molecule has 6 heteroatoms. The van der Waals surface area contributed by atoms with Crippen LogP contribution in [0.5, 0.6) is 0 Å². The highest BCUT2D eigenvalue weighted by molar-refractivity contribution is 5.33. The van der Waals surface area contributed by atoms with E-state index in [0.717, 1.165) is 31.3 Å². The Morgan fingerprint density at radius 1 is 1.41 bits per heavy atom. The summed E-state index contributed by atoms with van der Waals surface area (Å²) in [5, 5.41) is 3.27. The summed E-state index contributed by atoms with van der Waals surface area (Å²) in [5.41, 5.74) is 0. The summed E-state index contributed by atoms with van der Waals surface area (Å²) in [4.78, 5) is 11.8. The molecule has 0 amide bonds. The van der Waals surface area contributed by atoms with Crippen molar-refractivity contribution in [1.29, 1.82) is 0 Å². The van der Waals surface area contributed by atoms with Crippen LogP contribution in [0.15, 0.2) is 12.3 Å². The zero-order valence-corrected chi connectivity index (χ0v) is 13.3. The van der Waals surface area contributed by atoms with Crippen LogP contribution >= 0.6 is 0 Å². The third kappa shape index (κ3) is 3.74. The van der Waals surface area contributed by atoms with Gasteiger partial charge in [0.25, 0.3) is 0 Å². The van der Waals surface area contributed by atoms with Gasteiger partial charge in [-0.05, 0) is 18.9 Å². The van der Waals surface area contributed by atoms with E-state index in [-0.39, 0.29) is 6.04 Å². The number of methoxy groups -OCH3 is 1. The molecule has 6 nitrogen and oxygen atoms in total. The number of morpholine rings is 1. The number of nitrogens with zero attached hydrogens (tertiary/aromatic N) is 3. The molecule has 1 aromatic rings. The van der Waals surface area contributed by atoms with Crippen LogP contribution in [0.4, 0.5) is 5.82 Å². The Balaban J connectivity index is 1.71. The first kappa shape index (κ1) is 15.6. The molecular weight excluding hydrogens is 280 g/mol. The molecule has 0 radical (unpaired) electrons. The van der Waals surface area contributed by atoms with Gasteiger partial charge in [0, 0.05) is 32.4 Å². The summed E-state index contributed by atoms with van der Waals surface area (Å²) < 4.78 is 10.8. The Hall–Kier alpha value is -1.24. The predicted molar refractivity (Wildman–Crippen MR) is 84.9 cm³/mol. The zero-order chi connectivity index (χ0) is 15.2. The maximum absolute atomic E-state index is 5.70. The summed E-state index contributed by atoms with van der Waals surface area (Å²) in [6.07, 6.45) is 7.10. The number of anilines is 1. The summed E-state index contributed by atoms with van der Waals surface area (Å²) in [5.74, 6) is 1.73. The molecule has 22 heavy (non-hydrogen) atoms. The normalized spacial score (nSPS) is 23.8. The molecule has 1 saturated carbocycles. The van der Waals surface area contributed by atoms with Gasteiger partial charge in [0.1, 0.15) is 11.6 Å². The lowest BCUT2D eigenvalue weighted by molar-refractivity contribution is -0.0320. The van der Waals surface area contributed by atoms with Crippen molar-refractivity contribution in [1.82, 2.24) is 14.9 Å². The lowest BCUT2D eigenvalue weighted by atomic mass is 10.1. The van der Waals surface area contributed by atoms with E-state index in [9.17, 15) is 0 Å². The van der Waals surface area contributed by atoms with Gasteiger partial charge in [-0.25, -0.2) is 9.97 Å². The fourth-order valence-electron chi connectivity index (χ4n) is 3.43. The monoisotopic (exact) mass is 306 g/mol. The van der Waals surface area contributed by atoms with E-state index in [2.05, 4.69) is 15.2 Å². The van der Waals surface area contributed by atoms with Crippen LogP contribution < -0.4 is 5.32 Å². The molecule has 2 fully saturated rings.